The van der Waals surface area contributed by atoms with Crippen LogP contribution in [-0.2, 0) is 17.8 Å². The molecule has 4 N–H and O–H groups in total. The summed E-state index contributed by atoms with van der Waals surface area (Å²) in [6.07, 6.45) is 1.22. The van der Waals surface area contributed by atoms with Gasteiger partial charge in [-0.05, 0) is 39.5 Å². The molecular weight excluding hydrogens is 388 g/mol. The van der Waals surface area contributed by atoms with Crippen molar-refractivity contribution >= 4 is 23.5 Å². The normalized spacial score (nSPS) is 14.2. The van der Waals surface area contributed by atoms with Crippen LogP contribution in [0.2, 0.25) is 0 Å². The fraction of sp³-hybridized carbons (Fsp3) is 0.600. The Labute approximate surface area is 174 Å². The number of amides is 2. The summed E-state index contributed by atoms with van der Waals surface area (Å²) < 4.78 is 8.12. The number of nitrogens with one attached hydrogen (secondary N) is 2. The minimum Gasteiger partial charge on any atom is -0.444 e. The monoisotopic (exact) mass is 418 g/mol. The first-order valence-electron chi connectivity index (χ1n) is 10.1. The SMILES string of the molecule is CC(C)Cn1c(N)c(C(=O)NC2CC2)c(=O)n2nc(CNC(=O)OC(C)(C)C)cc12. The predicted molar refractivity (Wildman–Crippen MR) is 112 cm³/mol. The van der Waals surface area contributed by atoms with Gasteiger partial charge in [-0.2, -0.15) is 9.61 Å². The Morgan fingerprint density at radius 3 is 2.57 bits per heavy atom. The third kappa shape index (κ3) is 4.92. The Kier molecular flexibility index (Phi) is 5.78. The molecule has 1 aliphatic carbocycles. The number of nitrogen functional groups attached to an aromatic ring is 1. The molecule has 1 fully saturated rings. The predicted octanol–water partition coefficient (Wildman–Crippen LogP) is 1.65. The van der Waals surface area contributed by atoms with Crippen LogP contribution in [0, 0.1) is 5.92 Å². The van der Waals surface area contributed by atoms with Crippen molar-refractivity contribution in [2.24, 2.45) is 5.92 Å². The molecule has 0 unspecified atom stereocenters. The van der Waals surface area contributed by atoms with Gasteiger partial charge in [-0.1, -0.05) is 13.8 Å². The zero-order valence-corrected chi connectivity index (χ0v) is 18.1. The van der Waals surface area contributed by atoms with Gasteiger partial charge in [0.15, 0.2) is 0 Å². The molecule has 30 heavy (non-hydrogen) atoms. The maximum absolute atomic E-state index is 13.0. The molecule has 0 radical (unpaired) electrons. The van der Waals surface area contributed by atoms with Gasteiger partial charge in [-0.3, -0.25) is 9.59 Å². The molecule has 2 amide bonds. The summed E-state index contributed by atoms with van der Waals surface area (Å²) in [6.45, 7) is 9.91. The van der Waals surface area contributed by atoms with Crippen molar-refractivity contribution in [2.75, 3.05) is 5.73 Å². The van der Waals surface area contributed by atoms with E-state index in [4.69, 9.17) is 10.5 Å². The number of nitrogens with two attached hydrogens (primary N) is 1. The maximum atomic E-state index is 13.0. The highest BCUT2D eigenvalue weighted by Gasteiger charge is 2.28. The van der Waals surface area contributed by atoms with Gasteiger partial charge < -0.3 is 25.7 Å². The van der Waals surface area contributed by atoms with Crippen molar-refractivity contribution in [1.82, 2.24) is 24.8 Å². The molecule has 2 heterocycles. The second kappa shape index (κ2) is 8.00. The number of carbonyl (C=O) groups is 2. The number of rotatable bonds is 6. The number of aromatic nitrogens is 3. The van der Waals surface area contributed by atoms with E-state index in [1.807, 2.05) is 13.8 Å². The van der Waals surface area contributed by atoms with Crippen molar-refractivity contribution in [3.63, 3.8) is 0 Å². The lowest BCUT2D eigenvalue weighted by atomic mass is 10.2. The lowest BCUT2D eigenvalue weighted by molar-refractivity contribution is 0.0522. The van der Waals surface area contributed by atoms with Gasteiger partial charge in [0.25, 0.3) is 11.5 Å². The second-order valence-corrected chi connectivity index (χ2v) is 9.08. The number of alkyl carbamates (subject to hydrolysis) is 1. The van der Waals surface area contributed by atoms with Gasteiger partial charge in [-0.25, -0.2) is 4.79 Å². The number of hydrogen-bond donors (Lipinski definition) is 3. The molecule has 0 aromatic carbocycles. The van der Waals surface area contributed by atoms with E-state index >= 15 is 0 Å². The molecule has 0 bridgehead atoms. The topological polar surface area (TPSA) is 133 Å². The highest BCUT2D eigenvalue weighted by Crippen LogP contribution is 2.21. The number of hydrogen-bond acceptors (Lipinski definition) is 6. The molecule has 10 heteroatoms. The summed E-state index contributed by atoms with van der Waals surface area (Å²) >= 11 is 0. The van der Waals surface area contributed by atoms with Crippen LogP contribution in [0.5, 0.6) is 0 Å². The zero-order valence-electron chi connectivity index (χ0n) is 18.1. The molecule has 2 aromatic heterocycles. The van der Waals surface area contributed by atoms with Crippen LogP contribution in [0.4, 0.5) is 10.6 Å². The number of fused-ring (bicyclic) bond motifs is 1. The van der Waals surface area contributed by atoms with Crippen LogP contribution < -0.4 is 21.9 Å². The standard InChI is InChI=1S/C20H30N6O4/c1-11(2)10-25-14-8-13(9-22-19(29)30-20(3,4)5)24-26(14)18(28)15(16(25)21)17(27)23-12-6-7-12/h8,11-12H,6-7,9-10,21H2,1-5H3,(H,22,29)(H,23,27). The average molecular weight is 418 g/mol. The number of nitrogens with zero attached hydrogens (tertiary/aromatic N) is 3. The first-order valence-corrected chi connectivity index (χ1v) is 10.1. The smallest absolute Gasteiger partial charge is 0.407 e. The summed E-state index contributed by atoms with van der Waals surface area (Å²) in [5.74, 6) is -0.148. The Hall–Kier alpha value is -3.04. The molecule has 2 aromatic rings. The molecule has 0 atom stereocenters. The van der Waals surface area contributed by atoms with Crippen LogP contribution in [0.15, 0.2) is 10.9 Å². The Morgan fingerprint density at radius 1 is 1.33 bits per heavy atom. The molecule has 1 saturated carbocycles. The van der Waals surface area contributed by atoms with Crippen LogP contribution >= 0.6 is 0 Å². The van der Waals surface area contributed by atoms with E-state index in [0.29, 0.717) is 17.9 Å². The van der Waals surface area contributed by atoms with Gasteiger partial charge in [0.05, 0.1) is 12.2 Å². The van der Waals surface area contributed by atoms with Crippen LogP contribution in [0.1, 0.15) is 63.5 Å². The van der Waals surface area contributed by atoms with Crippen molar-refractivity contribution in [3.8, 4) is 0 Å². The zero-order chi connectivity index (χ0) is 22.2. The third-order valence-corrected chi connectivity index (χ3v) is 4.47. The first kappa shape index (κ1) is 21.7. The summed E-state index contributed by atoms with van der Waals surface area (Å²) in [6, 6.07) is 1.77. The second-order valence-electron chi connectivity index (χ2n) is 9.08. The quantitative estimate of drug-likeness (QED) is 0.653. The fourth-order valence-corrected chi connectivity index (χ4v) is 3.05. The van der Waals surface area contributed by atoms with Gasteiger partial charge in [0.1, 0.15) is 22.6 Å². The molecule has 164 valence electrons. The highest BCUT2D eigenvalue weighted by atomic mass is 16.6. The summed E-state index contributed by atoms with van der Waals surface area (Å²) in [5, 5.41) is 9.75. The highest BCUT2D eigenvalue weighted by molar-refractivity contribution is 5.98. The minimum absolute atomic E-state index is 0.0707. The maximum Gasteiger partial charge on any atom is 0.407 e. The van der Waals surface area contributed by atoms with Crippen LogP contribution in [0.3, 0.4) is 0 Å². The fourth-order valence-electron chi connectivity index (χ4n) is 3.05. The summed E-state index contributed by atoms with van der Waals surface area (Å²) in [7, 11) is 0. The molecule has 0 aliphatic heterocycles. The number of carbonyl (C=O) groups excluding carboxylic acids is 2. The van der Waals surface area contributed by atoms with E-state index in [9.17, 15) is 14.4 Å². The Balaban J connectivity index is 1.97. The van der Waals surface area contributed by atoms with E-state index in [0.717, 1.165) is 12.8 Å². The molecule has 0 spiro atoms. The lowest BCUT2D eigenvalue weighted by Crippen LogP contribution is -2.36. The van der Waals surface area contributed by atoms with E-state index in [1.54, 1.807) is 31.4 Å². The minimum atomic E-state index is -0.621. The largest absolute Gasteiger partial charge is 0.444 e. The van der Waals surface area contributed by atoms with Gasteiger partial charge >= 0.3 is 6.09 Å². The Bertz CT molecular complexity index is 1030. The Morgan fingerprint density at radius 2 is 2.00 bits per heavy atom. The first-order chi connectivity index (χ1) is 14.0. The molecular formula is C20H30N6O4. The van der Waals surface area contributed by atoms with Gasteiger partial charge in [-0.15, -0.1) is 0 Å². The van der Waals surface area contributed by atoms with E-state index in [2.05, 4.69) is 15.7 Å². The van der Waals surface area contributed by atoms with Crippen molar-refractivity contribution < 1.29 is 14.3 Å². The van der Waals surface area contributed by atoms with E-state index in [1.165, 1.54) is 4.52 Å². The molecule has 3 rings (SSSR count). The summed E-state index contributed by atoms with van der Waals surface area (Å²) in [4.78, 5) is 37.6. The van der Waals surface area contributed by atoms with Crippen LogP contribution in [0.25, 0.3) is 5.65 Å². The van der Waals surface area contributed by atoms with Crippen molar-refractivity contribution in [3.05, 3.63) is 27.7 Å². The van der Waals surface area contributed by atoms with Crippen LogP contribution in [-0.4, -0.2) is 37.8 Å². The summed E-state index contributed by atoms with van der Waals surface area (Å²) in [5.41, 5.74) is 5.88. The van der Waals surface area contributed by atoms with Crippen molar-refractivity contribution in [2.45, 2.75) is 72.2 Å². The average Bonchev–Trinajstić information content (AvgIpc) is 3.30. The van der Waals surface area contributed by atoms with Gasteiger partial charge in [0, 0.05) is 18.7 Å². The lowest BCUT2D eigenvalue weighted by Gasteiger charge is -2.19. The molecule has 0 saturated heterocycles. The van der Waals surface area contributed by atoms with E-state index in [-0.39, 0.29) is 29.9 Å². The molecule has 1 aliphatic rings. The van der Waals surface area contributed by atoms with Crippen molar-refractivity contribution in [1.29, 1.82) is 0 Å². The van der Waals surface area contributed by atoms with Gasteiger partial charge in [0.2, 0.25) is 0 Å². The molecule has 10 nitrogen and oxygen atoms in total. The van der Waals surface area contributed by atoms with E-state index < -0.39 is 23.2 Å². The number of ether oxygens (including phenoxy) is 1. The third-order valence-electron chi connectivity index (χ3n) is 4.47. The number of anilines is 1.